The number of anilines is 1. The highest BCUT2D eigenvalue weighted by Crippen LogP contribution is 2.14. The van der Waals surface area contributed by atoms with E-state index in [4.69, 9.17) is 4.74 Å². The lowest BCUT2D eigenvalue weighted by Gasteiger charge is -2.03. The molecule has 0 aliphatic carbocycles. The van der Waals surface area contributed by atoms with Gasteiger partial charge in [0, 0.05) is 11.8 Å². The zero-order chi connectivity index (χ0) is 11.8. The fraction of sp³-hybridized carbons (Fsp3) is 0.154. The molecule has 0 atom stereocenters. The molecule has 84 valence electrons. The summed E-state index contributed by atoms with van der Waals surface area (Å²) < 4.78 is 5.02. The van der Waals surface area contributed by atoms with E-state index in [1.165, 1.54) is 6.08 Å². The molecule has 1 aromatic rings. The van der Waals surface area contributed by atoms with Crippen LogP contribution in [0.15, 0.2) is 48.6 Å². The predicted molar refractivity (Wildman–Crippen MR) is 65.6 cm³/mol. The van der Waals surface area contributed by atoms with Gasteiger partial charge < -0.3 is 10.1 Å². The minimum Gasteiger partial charge on any atom is -0.497 e. The second kappa shape index (κ2) is 6.45. The number of allylic oxidation sites excluding steroid dienone is 3. The number of methoxy groups -OCH3 is 1. The summed E-state index contributed by atoms with van der Waals surface area (Å²) in [5, 5.41) is 2.74. The Kier molecular flexibility index (Phi) is 4.86. The molecule has 3 nitrogen and oxygen atoms in total. The number of ether oxygens (including phenoxy) is 1. The number of carbonyl (C=O) groups is 1. The van der Waals surface area contributed by atoms with Gasteiger partial charge in [-0.25, -0.2) is 0 Å². The van der Waals surface area contributed by atoms with Gasteiger partial charge in [-0.1, -0.05) is 18.2 Å². The summed E-state index contributed by atoms with van der Waals surface area (Å²) in [6.07, 6.45) is 6.83. The maximum absolute atomic E-state index is 11.4. The first-order valence-electron chi connectivity index (χ1n) is 5.00. The van der Waals surface area contributed by atoms with E-state index in [1.807, 2.05) is 13.0 Å². The molecule has 0 saturated carbocycles. The average molecular weight is 217 g/mol. The van der Waals surface area contributed by atoms with Crippen LogP contribution in [-0.2, 0) is 4.79 Å². The first-order chi connectivity index (χ1) is 7.76. The second-order valence-electron chi connectivity index (χ2n) is 3.10. The summed E-state index contributed by atoms with van der Waals surface area (Å²) in [5.74, 6) is 0.616. The Morgan fingerprint density at radius 2 is 1.94 bits per heavy atom. The molecule has 0 unspecified atom stereocenters. The van der Waals surface area contributed by atoms with Crippen molar-refractivity contribution >= 4 is 11.6 Å². The lowest BCUT2D eigenvalue weighted by atomic mass is 10.3. The van der Waals surface area contributed by atoms with Crippen molar-refractivity contribution in [3.63, 3.8) is 0 Å². The lowest BCUT2D eigenvalue weighted by Crippen LogP contribution is -2.07. The van der Waals surface area contributed by atoms with Crippen LogP contribution in [0.4, 0.5) is 5.69 Å². The largest absolute Gasteiger partial charge is 0.497 e. The topological polar surface area (TPSA) is 38.3 Å². The van der Waals surface area contributed by atoms with E-state index in [0.29, 0.717) is 0 Å². The van der Waals surface area contributed by atoms with Crippen LogP contribution in [0.2, 0.25) is 0 Å². The van der Waals surface area contributed by atoms with Crippen molar-refractivity contribution < 1.29 is 9.53 Å². The van der Waals surface area contributed by atoms with Crippen molar-refractivity contribution in [3.05, 3.63) is 48.6 Å². The summed E-state index contributed by atoms with van der Waals surface area (Å²) >= 11 is 0. The van der Waals surface area contributed by atoms with Crippen LogP contribution in [0, 0.1) is 0 Å². The smallest absolute Gasteiger partial charge is 0.248 e. The minimum atomic E-state index is -0.150. The van der Waals surface area contributed by atoms with Crippen LogP contribution in [0.1, 0.15) is 6.92 Å². The minimum absolute atomic E-state index is 0.150. The van der Waals surface area contributed by atoms with Gasteiger partial charge in [-0.2, -0.15) is 0 Å². The quantitative estimate of drug-likeness (QED) is 0.622. The number of rotatable bonds is 4. The number of benzene rings is 1. The van der Waals surface area contributed by atoms with Gasteiger partial charge in [0.25, 0.3) is 0 Å². The number of nitrogens with one attached hydrogen (secondary N) is 1. The Balaban J connectivity index is 2.56. The van der Waals surface area contributed by atoms with E-state index in [-0.39, 0.29) is 5.91 Å². The molecule has 1 N–H and O–H groups in total. The summed E-state index contributed by atoms with van der Waals surface area (Å²) in [6, 6.07) is 7.18. The molecule has 0 heterocycles. The normalized spacial score (nSPS) is 10.9. The third-order valence-corrected chi connectivity index (χ3v) is 1.91. The number of amides is 1. The van der Waals surface area contributed by atoms with Crippen molar-refractivity contribution in [2.75, 3.05) is 12.4 Å². The molecule has 0 fully saturated rings. The van der Waals surface area contributed by atoms with Crippen LogP contribution >= 0.6 is 0 Å². The number of carbonyl (C=O) groups excluding carboxylic acids is 1. The lowest BCUT2D eigenvalue weighted by molar-refractivity contribution is -0.111. The molecule has 3 heteroatoms. The summed E-state index contributed by atoms with van der Waals surface area (Å²) in [4.78, 5) is 11.4. The Morgan fingerprint density at radius 1 is 1.25 bits per heavy atom. The highest BCUT2D eigenvalue weighted by Gasteiger charge is 1.97. The summed E-state index contributed by atoms with van der Waals surface area (Å²) in [7, 11) is 1.60. The third-order valence-electron chi connectivity index (χ3n) is 1.91. The van der Waals surface area contributed by atoms with Gasteiger partial charge in [0.2, 0.25) is 5.91 Å². The van der Waals surface area contributed by atoms with Gasteiger partial charge in [0.1, 0.15) is 5.75 Å². The molecule has 0 radical (unpaired) electrons. The van der Waals surface area contributed by atoms with Crippen molar-refractivity contribution in [2.45, 2.75) is 6.92 Å². The molecule has 1 aromatic carbocycles. The monoisotopic (exact) mass is 217 g/mol. The maximum Gasteiger partial charge on any atom is 0.248 e. The van der Waals surface area contributed by atoms with E-state index in [2.05, 4.69) is 5.32 Å². The second-order valence-corrected chi connectivity index (χ2v) is 3.10. The fourth-order valence-corrected chi connectivity index (χ4v) is 1.11. The van der Waals surface area contributed by atoms with Gasteiger partial charge in [0.15, 0.2) is 0 Å². The number of hydrogen-bond acceptors (Lipinski definition) is 2. The van der Waals surface area contributed by atoms with Gasteiger partial charge in [-0.3, -0.25) is 4.79 Å². The molecule has 1 amide bonds. The third kappa shape index (κ3) is 4.00. The molecule has 0 spiro atoms. The molecule has 0 aliphatic rings. The maximum atomic E-state index is 11.4. The van der Waals surface area contributed by atoms with Crippen molar-refractivity contribution in [2.24, 2.45) is 0 Å². The first-order valence-corrected chi connectivity index (χ1v) is 5.00. The highest BCUT2D eigenvalue weighted by molar-refractivity contribution is 5.99. The number of hydrogen-bond donors (Lipinski definition) is 1. The van der Waals surface area contributed by atoms with Crippen LogP contribution in [0.5, 0.6) is 5.75 Å². The van der Waals surface area contributed by atoms with Crippen molar-refractivity contribution in [3.8, 4) is 5.75 Å². The molecule has 0 aliphatic heterocycles. The van der Waals surface area contributed by atoms with E-state index in [9.17, 15) is 4.79 Å². The molecular formula is C13H15NO2. The Hall–Kier alpha value is -2.03. The zero-order valence-electron chi connectivity index (χ0n) is 9.44. The van der Waals surface area contributed by atoms with E-state index in [0.717, 1.165) is 11.4 Å². The predicted octanol–water partition coefficient (Wildman–Crippen LogP) is 2.77. The summed E-state index contributed by atoms with van der Waals surface area (Å²) in [5.41, 5.74) is 0.746. The zero-order valence-corrected chi connectivity index (χ0v) is 9.44. The van der Waals surface area contributed by atoms with E-state index < -0.39 is 0 Å². The molecular weight excluding hydrogens is 202 g/mol. The first kappa shape index (κ1) is 12.0. The van der Waals surface area contributed by atoms with Gasteiger partial charge in [-0.05, 0) is 31.2 Å². The van der Waals surface area contributed by atoms with Crippen LogP contribution in [0.3, 0.4) is 0 Å². The van der Waals surface area contributed by atoms with Crippen molar-refractivity contribution in [1.29, 1.82) is 0 Å². The van der Waals surface area contributed by atoms with Gasteiger partial charge in [0.05, 0.1) is 7.11 Å². The van der Waals surface area contributed by atoms with Crippen LogP contribution < -0.4 is 10.1 Å². The fourth-order valence-electron chi connectivity index (χ4n) is 1.11. The Morgan fingerprint density at radius 3 is 2.50 bits per heavy atom. The molecule has 0 aromatic heterocycles. The average Bonchev–Trinajstić information content (AvgIpc) is 2.30. The van der Waals surface area contributed by atoms with Crippen molar-refractivity contribution in [1.82, 2.24) is 0 Å². The Bertz CT molecular complexity index is 391. The highest BCUT2D eigenvalue weighted by atomic mass is 16.5. The SMILES string of the molecule is CC=CC=CC(=O)Nc1ccc(OC)cc1. The van der Waals surface area contributed by atoms with Crippen LogP contribution in [0.25, 0.3) is 0 Å². The molecule has 0 bridgehead atoms. The van der Waals surface area contributed by atoms with Gasteiger partial charge >= 0.3 is 0 Å². The molecule has 1 rings (SSSR count). The summed E-state index contributed by atoms with van der Waals surface area (Å²) in [6.45, 7) is 1.89. The Labute approximate surface area is 95.4 Å². The molecule has 0 saturated heterocycles. The van der Waals surface area contributed by atoms with E-state index in [1.54, 1.807) is 43.5 Å². The standard InChI is InChI=1S/C13H15NO2/c1-3-4-5-6-13(15)14-11-7-9-12(16-2)10-8-11/h3-10H,1-2H3,(H,14,15). The van der Waals surface area contributed by atoms with E-state index >= 15 is 0 Å². The van der Waals surface area contributed by atoms with Crippen LogP contribution in [-0.4, -0.2) is 13.0 Å². The van der Waals surface area contributed by atoms with Gasteiger partial charge in [-0.15, -0.1) is 0 Å². The molecule has 16 heavy (non-hydrogen) atoms.